The molecule has 4 aromatic rings. The Hall–Kier alpha value is -4.37. The predicted octanol–water partition coefficient (Wildman–Crippen LogP) is 3.31. The lowest BCUT2D eigenvalue weighted by atomic mass is 10.1. The maximum Gasteiger partial charge on any atom is 0.285 e. The summed E-state index contributed by atoms with van der Waals surface area (Å²) in [4.78, 5) is 29.4. The van der Waals surface area contributed by atoms with Crippen LogP contribution in [0.25, 0.3) is 11.0 Å². The minimum atomic E-state index is -0.280. The normalized spacial score (nSPS) is 10.4. The third kappa shape index (κ3) is 5.10. The van der Waals surface area contributed by atoms with E-state index in [1.54, 1.807) is 56.6 Å². The predicted molar refractivity (Wildman–Crippen MR) is 128 cm³/mol. The number of hydrogen-bond acceptors (Lipinski definition) is 4. The van der Waals surface area contributed by atoms with E-state index in [0.717, 1.165) is 6.42 Å². The van der Waals surface area contributed by atoms with E-state index in [1.165, 1.54) is 10.1 Å². The van der Waals surface area contributed by atoms with Gasteiger partial charge in [0.2, 0.25) is 0 Å². The number of nitrogens with one attached hydrogen (secondary N) is 1. The zero-order valence-electron chi connectivity index (χ0n) is 18.5. The first-order chi connectivity index (χ1) is 16.0. The zero-order chi connectivity index (χ0) is 23.2. The van der Waals surface area contributed by atoms with Gasteiger partial charge in [0.1, 0.15) is 5.75 Å². The molecule has 0 fully saturated rings. The van der Waals surface area contributed by atoms with E-state index in [1.807, 2.05) is 30.3 Å². The van der Waals surface area contributed by atoms with Crippen molar-refractivity contribution in [1.29, 1.82) is 0 Å². The quantitative estimate of drug-likeness (QED) is 0.486. The van der Waals surface area contributed by atoms with E-state index in [2.05, 4.69) is 22.1 Å². The molecule has 1 aromatic heterocycles. The summed E-state index contributed by atoms with van der Waals surface area (Å²) >= 11 is 0. The molecular formula is C27H23N3O3. The van der Waals surface area contributed by atoms with Crippen molar-refractivity contribution < 1.29 is 9.53 Å². The number of aromatic nitrogens is 2. The van der Waals surface area contributed by atoms with Crippen molar-refractivity contribution >= 4 is 16.9 Å². The van der Waals surface area contributed by atoms with E-state index in [-0.39, 0.29) is 17.2 Å². The molecule has 1 amide bonds. The van der Waals surface area contributed by atoms with Crippen LogP contribution in [-0.2, 0) is 13.5 Å². The van der Waals surface area contributed by atoms with Crippen LogP contribution in [0, 0.1) is 11.8 Å². The van der Waals surface area contributed by atoms with Crippen molar-refractivity contribution in [3.05, 3.63) is 106 Å². The summed E-state index contributed by atoms with van der Waals surface area (Å²) in [6.07, 6.45) is 0.774. The van der Waals surface area contributed by atoms with Crippen molar-refractivity contribution in [2.75, 3.05) is 13.7 Å². The van der Waals surface area contributed by atoms with Gasteiger partial charge in [-0.1, -0.05) is 36.3 Å². The fraction of sp³-hybridized carbons (Fsp3) is 0.148. The van der Waals surface area contributed by atoms with Crippen molar-refractivity contribution in [3.63, 3.8) is 0 Å². The molecule has 0 saturated heterocycles. The highest BCUT2D eigenvalue weighted by Gasteiger charge is 2.08. The number of carbonyl (C=O) groups excluding carboxylic acids is 1. The Labute approximate surface area is 191 Å². The standard InChI is InChI=1S/C27H23N3O3/c1-30-25-18-22(33-2)13-15-23(25)29-24(27(30)32)14-10-20-8-11-21(12-9-20)26(31)28-17-16-19-6-4-3-5-7-19/h3-9,11-13,15,18H,16-17H2,1-2H3,(H,28,31). The van der Waals surface area contributed by atoms with Gasteiger partial charge in [-0.3, -0.25) is 9.59 Å². The van der Waals surface area contributed by atoms with Crippen molar-refractivity contribution in [2.45, 2.75) is 6.42 Å². The number of aryl methyl sites for hydroxylation is 1. The number of ether oxygens (including phenoxy) is 1. The second kappa shape index (κ2) is 9.84. The Morgan fingerprint density at radius 1 is 1.03 bits per heavy atom. The summed E-state index contributed by atoms with van der Waals surface area (Å²) in [6.45, 7) is 0.563. The van der Waals surface area contributed by atoms with Gasteiger partial charge >= 0.3 is 0 Å². The van der Waals surface area contributed by atoms with Crippen molar-refractivity contribution in [2.24, 2.45) is 7.05 Å². The molecular weight excluding hydrogens is 414 g/mol. The molecule has 6 heteroatoms. The molecule has 0 saturated carbocycles. The second-order valence-corrected chi connectivity index (χ2v) is 7.50. The molecule has 0 radical (unpaired) electrons. The van der Waals surface area contributed by atoms with Gasteiger partial charge in [-0.2, -0.15) is 0 Å². The molecule has 0 aliphatic rings. The van der Waals surface area contributed by atoms with E-state index >= 15 is 0 Å². The number of benzene rings is 3. The van der Waals surface area contributed by atoms with Gasteiger partial charge in [0.05, 0.1) is 18.1 Å². The molecule has 6 nitrogen and oxygen atoms in total. The van der Waals surface area contributed by atoms with E-state index in [9.17, 15) is 9.59 Å². The topological polar surface area (TPSA) is 73.2 Å². The Morgan fingerprint density at radius 3 is 2.52 bits per heavy atom. The molecule has 0 atom stereocenters. The fourth-order valence-corrected chi connectivity index (χ4v) is 3.41. The van der Waals surface area contributed by atoms with Gasteiger partial charge in [0, 0.05) is 30.8 Å². The van der Waals surface area contributed by atoms with E-state index in [0.29, 0.717) is 34.5 Å². The van der Waals surface area contributed by atoms with E-state index < -0.39 is 0 Å². The summed E-state index contributed by atoms with van der Waals surface area (Å²) in [5, 5.41) is 2.93. The number of carbonyl (C=O) groups is 1. The van der Waals surface area contributed by atoms with Gasteiger partial charge in [-0.05, 0) is 54.3 Å². The van der Waals surface area contributed by atoms with Crippen molar-refractivity contribution in [3.8, 4) is 17.6 Å². The zero-order valence-corrected chi connectivity index (χ0v) is 18.5. The second-order valence-electron chi connectivity index (χ2n) is 7.50. The number of nitrogens with zero attached hydrogens (tertiary/aromatic N) is 2. The smallest absolute Gasteiger partial charge is 0.285 e. The summed E-state index contributed by atoms with van der Waals surface area (Å²) in [6, 6.07) is 22.3. The van der Waals surface area contributed by atoms with Crippen LogP contribution in [0.2, 0.25) is 0 Å². The largest absolute Gasteiger partial charge is 0.497 e. The van der Waals surface area contributed by atoms with Gasteiger partial charge in [0.25, 0.3) is 11.5 Å². The van der Waals surface area contributed by atoms with Crippen LogP contribution in [0.15, 0.2) is 77.6 Å². The Kier molecular flexibility index (Phi) is 6.51. The molecule has 164 valence electrons. The van der Waals surface area contributed by atoms with Gasteiger partial charge in [-0.15, -0.1) is 0 Å². The average Bonchev–Trinajstić information content (AvgIpc) is 2.86. The van der Waals surface area contributed by atoms with Gasteiger partial charge in [0.15, 0.2) is 5.69 Å². The van der Waals surface area contributed by atoms with Crippen LogP contribution >= 0.6 is 0 Å². The average molecular weight is 437 g/mol. The molecule has 0 aliphatic heterocycles. The number of hydrogen-bond donors (Lipinski definition) is 1. The Bertz CT molecular complexity index is 1410. The molecule has 33 heavy (non-hydrogen) atoms. The van der Waals surface area contributed by atoms with Gasteiger partial charge in [-0.25, -0.2) is 4.98 Å². The summed E-state index contributed by atoms with van der Waals surface area (Å²) in [5.41, 5.74) is 3.64. The SMILES string of the molecule is COc1ccc2nc(C#Cc3ccc(C(=O)NCCc4ccccc4)cc3)c(=O)n(C)c2c1. The lowest BCUT2D eigenvalue weighted by molar-refractivity contribution is 0.0954. The summed E-state index contributed by atoms with van der Waals surface area (Å²) < 4.78 is 6.73. The minimum Gasteiger partial charge on any atom is -0.497 e. The molecule has 0 spiro atoms. The van der Waals surface area contributed by atoms with Crippen LogP contribution in [-0.4, -0.2) is 29.1 Å². The number of fused-ring (bicyclic) bond motifs is 1. The number of rotatable bonds is 5. The van der Waals surface area contributed by atoms with E-state index in [4.69, 9.17) is 4.74 Å². The highest BCUT2D eigenvalue weighted by molar-refractivity contribution is 5.94. The number of amides is 1. The van der Waals surface area contributed by atoms with Crippen LogP contribution in [0.1, 0.15) is 27.2 Å². The van der Waals surface area contributed by atoms with Gasteiger partial charge < -0.3 is 14.6 Å². The van der Waals surface area contributed by atoms with Crippen LogP contribution < -0.4 is 15.6 Å². The van der Waals surface area contributed by atoms with Crippen LogP contribution in [0.4, 0.5) is 0 Å². The molecule has 0 bridgehead atoms. The maximum atomic E-state index is 12.7. The molecule has 0 aliphatic carbocycles. The summed E-state index contributed by atoms with van der Waals surface area (Å²) in [7, 11) is 3.26. The third-order valence-corrected chi connectivity index (χ3v) is 5.30. The fourth-order valence-electron chi connectivity index (χ4n) is 3.41. The molecule has 0 unspecified atom stereocenters. The molecule has 3 aromatic carbocycles. The Balaban J connectivity index is 1.46. The first-order valence-electron chi connectivity index (χ1n) is 10.5. The van der Waals surface area contributed by atoms with Crippen molar-refractivity contribution in [1.82, 2.24) is 14.9 Å². The lowest BCUT2D eigenvalue weighted by Gasteiger charge is -2.07. The highest BCUT2D eigenvalue weighted by atomic mass is 16.5. The Morgan fingerprint density at radius 2 is 1.79 bits per heavy atom. The first-order valence-corrected chi connectivity index (χ1v) is 10.5. The summed E-state index contributed by atoms with van der Waals surface area (Å²) in [5.74, 6) is 6.35. The molecule has 4 rings (SSSR count). The van der Waals surface area contributed by atoms with Crippen LogP contribution in [0.3, 0.4) is 0 Å². The number of methoxy groups -OCH3 is 1. The van der Waals surface area contributed by atoms with Crippen LogP contribution in [0.5, 0.6) is 5.75 Å². The lowest BCUT2D eigenvalue weighted by Crippen LogP contribution is -2.25. The third-order valence-electron chi connectivity index (χ3n) is 5.30. The molecule has 1 heterocycles. The molecule has 1 N–H and O–H groups in total. The monoisotopic (exact) mass is 437 g/mol. The highest BCUT2D eigenvalue weighted by Crippen LogP contribution is 2.17. The first kappa shape index (κ1) is 21.8. The minimum absolute atomic E-state index is 0.133. The maximum absolute atomic E-state index is 12.7.